The highest BCUT2D eigenvalue weighted by atomic mass is 16.5. The lowest BCUT2D eigenvalue weighted by Gasteiger charge is -2.35. The second kappa shape index (κ2) is 4.71. The van der Waals surface area contributed by atoms with Gasteiger partial charge in [0.2, 0.25) is 11.6 Å². The van der Waals surface area contributed by atoms with Crippen LogP contribution < -0.4 is 0 Å². The van der Waals surface area contributed by atoms with Gasteiger partial charge in [0, 0.05) is 11.6 Å². The zero-order valence-electron chi connectivity index (χ0n) is 12.1. The number of hydrogen-bond acceptors (Lipinski definition) is 3. The topological polar surface area (TPSA) is 43.4 Å². The Balaban J connectivity index is 3.14. The summed E-state index contributed by atoms with van der Waals surface area (Å²) in [7, 11) is 1.52. The summed E-state index contributed by atoms with van der Waals surface area (Å²) >= 11 is 0. The largest absolute Gasteiger partial charge is 0.496 e. The van der Waals surface area contributed by atoms with Crippen LogP contribution in [0.25, 0.3) is 0 Å². The highest BCUT2D eigenvalue weighted by Crippen LogP contribution is 2.42. The first-order valence-electron chi connectivity index (χ1n) is 6.13. The molecule has 0 fully saturated rings. The normalized spacial score (nSPS) is 17.4. The number of ether oxygens (including phenoxy) is 1. The van der Waals surface area contributed by atoms with Crippen molar-refractivity contribution < 1.29 is 14.3 Å². The molecule has 0 N–H and O–H groups in total. The summed E-state index contributed by atoms with van der Waals surface area (Å²) in [5.41, 5.74) is 0.731. The van der Waals surface area contributed by atoms with Crippen molar-refractivity contribution in [1.82, 2.24) is 0 Å². The number of hydrogen-bond donors (Lipinski definition) is 0. The lowest BCUT2D eigenvalue weighted by atomic mass is 9.70. The summed E-state index contributed by atoms with van der Waals surface area (Å²) in [6.07, 6.45) is 3.61. The van der Waals surface area contributed by atoms with E-state index in [-0.39, 0.29) is 10.8 Å². The van der Waals surface area contributed by atoms with E-state index in [1.54, 1.807) is 0 Å². The van der Waals surface area contributed by atoms with Gasteiger partial charge in [-0.15, -0.1) is 0 Å². The van der Waals surface area contributed by atoms with Gasteiger partial charge in [0.1, 0.15) is 5.76 Å². The molecule has 0 aromatic carbocycles. The van der Waals surface area contributed by atoms with Gasteiger partial charge in [-0.3, -0.25) is 9.59 Å². The molecule has 0 saturated carbocycles. The fraction of sp³-hybridized carbons (Fsp3) is 0.600. The molecule has 3 nitrogen and oxygen atoms in total. The molecule has 1 rings (SSSR count). The predicted molar refractivity (Wildman–Crippen MR) is 71.0 cm³/mol. The van der Waals surface area contributed by atoms with Crippen molar-refractivity contribution in [3.8, 4) is 0 Å². The van der Waals surface area contributed by atoms with Crippen LogP contribution >= 0.6 is 0 Å². The van der Waals surface area contributed by atoms with Gasteiger partial charge in [-0.1, -0.05) is 34.6 Å². The molecule has 0 heterocycles. The van der Waals surface area contributed by atoms with Crippen molar-refractivity contribution >= 4 is 11.6 Å². The molecular formula is C15H22O3. The van der Waals surface area contributed by atoms with Gasteiger partial charge in [-0.2, -0.15) is 0 Å². The molecule has 0 amide bonds. The molecule has 0 radical (unpaired) electrons. The van der Waals surface area contributed by atoms with Crippen LogP contribution in [0, 0.1) is 10.8 Å². The van der Waals surface area contributed by atoms with Gasteiger partial charge in [-0.05, 0) is 23.3 Å². The molecule has 1 aliphatic carbocycles. The van der Waals surface area contributed by atoms with Crippen LogP contribution in [0.4, 0.5) is 0 Å². The maximum Gasteiger partial charge on any atom is 0.229 e. The van der Waals surface area contributed by atoms with E-state index in [4.69, 9.17) is 4.74 Å². The summed E-state index contributed by atoms with van der Waals surface area (Å²) < 4.78 is 5.24. The predicted octanol–water partition coefficient (Wildman–Crippen LogP) is 3.06. The third-order valence-corrected chi connectivity index (χ3v) is 2.97. The van der Waals surface area contributed by atoms with E-state index in [1.807, 2.05) is 0 Å². The standard InChI is InChI=1S/C15H22O3/c1-14(2,3)9-15(4,5)10-7-11(16)12(17)8-13(10)18-6/h7-8H,9H2,1-6H3. The molecule has 0 aromatic heterocycles. The molecule has 0 aliphatic heterocycles. The molecule has 18 heavy (non-hydrogen) atoms. The monoisotopic (exact) mass is 250 g/mol. The number of carbonyl (C=O) groups excluding carboxylic acids is 2. The second-order valence-corrected chi connectivity index (χ2v) is 6.62. The average molecular weight is 250 g/mol. The molecule has 0 saturated heterocycles. The van der Waals surface area contributed by atoms with Crippen molar-refractivity contribution in [1.29, 1.82) is 0 Å². The fourth-order valence-corrected chi connectivity index (χ4v) is 2.66. The Hall–Kier alpha value is -1.38. The van der Waals surface area contributed by atoms with Gasteiger partial charge in [0.25, 0.3) is 0 Å². The van der Waals surface area contributed by atoms with Crippen LogP contribution in [0.5, 0.6) is 0 Å². The zero-order chi connectivity index (χ0) is 14.1. The molecule has 0 aromatic rings. The molecule has 0 spiro atoms. The van der Waals surface area contributed by atoms with E-state index in [9.17, 15) is 9.59 Å². The Morgan fingerprint density at radius 1 is 1.00 bits per heavy atom. The summed E-state index contributed by atoms with van der Waals surface area (Å²) in [6, 6.07) is 0. The Morgan fingerprint density at radius 2 is 1.50 bits per heavy atom. The fourth-order valence-electron chi connectivity index (χ4n) is 2.66. The molecule has 0 unspecified atom stereocenters. The molecular weight excluding hydrogens is 228 g/mol. The Labute approximate surface area is 109 Å². The second-order valence-electron chi connectivity index (χ2n) is 6.62. The van der Waals surface area contributed by atoms with Crippen LogP contribution in [0.15, 0.2) is 23.5 Å². The van der Waals surface area contributed by atoms with Crippen molar-refractivity contribution in [2.75, 3.05) is 7.11 Å². The van der Waals surface area contributed by atoms with Crippen molar-refractivity contribution in [2.45, 2.75) is 41.0 Å². The first kappa shape index (κ1) is 14.7. The maximum absolute atomic E-state index is 11.6. The summed E-state index contributed by atoms with van der Waals surface area (Å²) in [5, 5.41) is 0. The van der Waals surface area contributed by atoms with E-state index in [0.717, 1.165) is 12.0 Å². The summed E-state index contributed by atoms with van der Waals surface area (Å²) in [5.74, 6) is -0.469. The van der Waals surface area contributed by atoms with Crippen LogP contribution in [-0.4, -0.2) is 18.7 Å². The van der Waals surface area contributed by atoms with Gasteiger partial charge in [0.05, 0.1) is 7.11 Å². The van der Waals surface area contributed by atoms with Crippen LogP contribution in [0.2, 0.25) is 0 Å². The molecule has 3 heteroatoms. The van der Waals surface area contributed by atoms with Crippen molar-refractivity contribution in [2.24, 2.45) is 10.8 Å². The minimum atomic E-state index is -0.512. The molecule has 0 atom stereocenters. The summed E-state index contributed by atoms with van der Waals surface area (Å²) in [4.78, 5) is 22.9. The zero-order valence-corrected chi connectivity index (χ0v) is 12.1. The highest BCUT2D eigenvalue weighted by molar-refractivity contribution is 6.46. The number of rotatable bonds is 3. The Kier molecular flexibility index (Phi) is 3.84. The lowest BCUT2D eigenvalue weighted by molar-refractivity contribution is -0.131. The number of allylic oxidation sites excluding steroid dienone is 3. The van der Waals surface area contributed by atoms with Gasteiger partial charge in [-0.25, -0.2) is 0 Å². The number of ketones is 2. The Morgan fingerprint density at radius 3 is 1.94 bits per heavy atom. The van der Waals surface area contributed by atoms with Crippen molar-refractivity contribution in [3.63, 3.8) is 0 Å². The third-order valence-electron chi connectivity index (χ3n) is 2.97. The first-order chi connectivity index (χ1) is 8.07. The van der Waals surface area contributed by atoms with Gasteiger partial charge in [0.15, 0.2) is 0 Å². The van der Waals surface area contributed by atoms with E-state index in [0.29, 0.717) is 5.76 Å². The molecule has 1 aliphatic rings. The van der Waals surface area contributed by atoms with Gasteiger partial charge >= 0.3 is 0 Å². The van der Waals surface area contributed by atoms with Gasteiger partial charge < -0.3 is 4.74 Å². The molecule has 100 valence electrons. The van der Waals surface area contributed by atoms with Crippen molar-refractivity contribution in [3.05, 3.63) is 23.5 Å². The van der Waals surface area contributed by atoms with E-state index in [2.05, 4.69) is 34.6 Å². The van der Waals surface area contributed by atoms with E-state index < -0.39 is 11.6 Å². The molecule has 0 bridgehead atoms. The van der Waals surface area contributed by atoms with Crippen LogP contribution in [-0.2, 0) is 14.3 Å². The maximum atomic E-state index is 11.6. The number of carbonyl (C=O) groups is 2. The quantitative estimate of drug-likeness (QED) is 0.571. The SMILES string of the molecule is COC1=CC(=O)C(=O)C=C1C(C)(C)CC(C)(C)C. The van der Waals surface area contributed by atoms with E-state index >= 15 is 0 Å². The lowest BCUT2D eigenvalue weighted by Crippen LogP contribution is -2.28. The highest BCUT2D eigenvalue weighted by Gasteiger charge is 2.34. The third kappa shape index (κ3) is 3.31. The van der Waals surface area contributed by atoms with E-state index in [1.165, 1.54) is 19.3 Å². The Bertz CT molecular complexity index is 431. The minimum absolute atomic E-state index is 0.133. The van der Waals surface area contributed by atoms with Crippen LogP contribution in [0.1, 0.15) is 41.0 Å². The smallest absolute Gasteiger partial charge is 0.229 e. The average Bonchev–Trinajstić information content (AvgIpc) is 2.17. The number of methoxy groups -OCH3 is 1. The summed E-state index contributed by atoms with van der Waals surface area (Å²) in [6.45, 7) is 10.6. The van der Waals surface area contributed by atoms with Crippen LogP contribution in [0.3, 0.4) is 0 Å². The minimum Gasteiger partial charge on any atom is -0.496 e. The first-order valence-corrected chi connectivity index (χ1v) is 6.13.